The Labute approximate surface area is 225 Å². The molecule has 0 bridgehead atoms. The summed E-state index contributed by atoms with van der Waals surface area (Å²) < 4.78 is 7.69. The van der Waals surface area contributed by atoms with E-state index in [0.717, 1.165) is 35.4 Å². The number of nitrogens with one attached hydrogen (secondary N) is 1. The van der Waals surface area contributed by atoms with Crippen LogP contribution in [0.5, 0.6) is 0 Å². The van der Waals surface area contributed by atoms with Gasteiger partial charge in [0.25, 0.3) is 0 Å². The lowest BCUT2D eigenvalue weighted by atomic mass is 10.0. The fourth-order valence-corrected chi connectivity index (χ4v) is 5.59. The lowest BCUT2D eigenvalue weighted by Crippen LogP contribution is -2.26. The van der Waals surface area contributed by atoms with Gasteiger partial charge < -0.3 is 19.7 Å². The molecule has 3 aliphatic heterocycles. The fraction of sp³-hybridized carbons (Fsp3) is 0.200. The normalized spacial score (nSPS) is 21.8. The number of nitrogens with zero attached hydrogens (tertiary/aromatic N) is 7. The Morgan fingerprint density at radius 2 is 2.11 bits per heavy atom. The molecule has 13 heteroatoms. The van der Waals surface area contributed by atoms with Crippen LogP contribution in [0, 0.1) is 0 Å². The van der Waals surface area contributed by atoms with Gasteiger partial charge in [0, 0.05) is 28.0 Å². The molecule has 0 saturated carbocycles. The highest BCUT2D eigenvalue weighted by molar-refractivity contribution is 6.32. The molecule has 3 aromatic heterocycles. The number of epoxide rings is 1. The van der Waals surface area contributed by atoms with E-state index in [2.05, 4.69) is 42.5 Å². The smallest absolute Gasteiger partial charge is 0.354 e. The van der Waals surface area contributed by atoms with Crippen LogP contribution in [0.25, 0.3) is 22.5 Å². The Bertz CT molecular complexity index is 1650. The second-order valence-corrected chi connectivity index (χ2v) is 9.96. The van der Waals surface area contributed by atoms with Gasteiger partial charge in [0.15, 0.2) is 6.23 Å². The van der Waals surface area contributed by atoms with Crippen LogP contribution in [-0.2, 0) is 4.74 Å². The molecule has 6 heterocycles. The summed E-state index contributed by atoms with van der Waals surface area (Å²) in [5.41, 5.74) is 4.78. The van der Waals surface area contributed by atoms with Crippen molar-refractivity contribution in [3.05, 3.63) is 88.0 Å². The summed E-state index contributed by atoms with van der Waals surface area (Å²) in [4.78, 5) is 25.5. The number of hydrogen-bond acceptors (Lipinski definition) is 8. The predicted octanol–water partition coefficient (Wildman–Crippen LogP) is 4.30. The molecule has 0 radical (unpaired) electrons. The zero-order valence-electron chi connectivity index (χ0n) is 19.5. The Hall–Kier alpha value is -4.06. The van der Waals surface area contributed by atoms with E-state index in [0.29, 0.717) is 27.3 Å². The minimum absolute atomic E-state index is 0.0726. The van der Waals surface area contributed by atoms with Crippen LogP contribution in [0.3, 0.4) is 0 Å². The average molecular weight is 549 g/mol. The first-order valence-corrected chi connectivity index (χ1v) is 12.6. The number of aromatic carboxylic acids is 1. The highest BCUT2D eigenvalue weighted by atomic mass is 35.5. The number of hydrogen-bond donors (Lipinski definition) is 2. The molecule has 0 aliphatic carbocycles. The summed E-state index contributed by atoms with van der Waals surface area (Å²) in [7, 11) is 0. The van der Waals surface area contributed by atoms with E-state index in [1.807, 2.05) is 12.1 Å². The van der Waals surface area contributed by atoms with Crippen LogP contribution in [0.15, 0.2) is 60.7 Å². The van der Waals surface area contributed by atoms with E-state index in [1.54, 1.807) is 23.1 Å². The number of allylic oxidation sites excluding steroid dienone is 3. The van der Waals surface area contributed by atoms with Crippen LogP contribution in [0.4, 0.5) is 0 Å². The zero-order valence-corrected chi connectivity index (χ0v) is 21.0. The Balaban J connectivity index is 1.24. The van der Waals surface area contributed by atoms with Crippen molar-refractivity contribution in [2.24, 2.45) is 0 Å². The first-order chi connectivity index (χ1) is 18.5. The van der Waals surface area contributed by atoms with Gasteiger partial charge in [-0.25, -0.2) is 14.8 Å². The second-order valence-electron chi connectivity index (χ2n) is 9.15. The van der Waals surface area contributed by atoms with Crippen LogP contribution in [0.1, 0.15) is 40.8 Å². The summed E-state index contributed by atoms with van der Waals surface area (Å²) in [5.74, 6) is -0.422. The van der Waals surface area contributed by atoms with Crippen molar-refractivity contribution < 1.29 is 14.6 Å². The number of fused-ring (bicyclic) bond motifs is 3. The average Bonchev–Trinajstić information content (AvgIpc) is 3.24. The van der Waals surface area contributed by atoms with Gasteiger partial charge in [-0.2, -0.15) is 4.68 Å². The number of pyridine rings is 1. The van der Waals surface area contributed by atoms with Gasteiger partial charge in [-0.3, -0.25) is 0 Å². The van der Waals surface area contributed by atoms with Crippen LogP contribution in [-0.4, -0.2) is 63.5 Å². The molecule has 2 N–H and O–H groups in total. The number of rotatable bonds is 5. The van der Waals surface area contributed by atoms with Crippen molar-refractivity contribution in [3.8, 4) is 16.9 Å². The first-order valence-electron chi connectivity index (χ1n) is 11.8. The van der Waals surface area contributed by atoms with Crippen LogP contribution >= 0.6 is 23.2 Å². The summed E-state index contributed by atoms with van der Waals surface area (Å²) in [6.45, 7) is 0. The predicted molar refractivity (Wildman–Crippen MR) is 136 cm³/mol. The van der Waals surface area contributed by atoms with Crippen molar-refractivity contribution in [1.29, 1.82) is 0 Å². The molecule has 3 aliphatic rings. The molecule has 2 saturated heterocycles. The van der Waals surface area contributed by atoms with Gasteiger partial charge in [-0.05, 0) is 71.3 Å². The molecule has 38 heavy (non-hydrogen) atoms. The molecule has 4 aromatic rings. The molecule has 0 spiro atoms. The number of imidazole rings is 1. The number of aromatic amines is 1. The van der Waals surface area contributed by atoms with Crippen molar-refractivity contribution in [2.75, 3.05) is 0 Å². The highest BCUT2D eigenvalue weighted by Gasteiger charge is 2.50. The first kappa shape index (κ1) is 23.1. The van der Waals surface area contributed by atoms with Gasteiger partial charge in [-0.1, -0.05) is 23.2 Å². The molecule has 11 nitrogen and oxygen atoms in total. The highest BCUT2D eigenvalue weighted by Crippen LogP contribution is 2.49. The quantitative estimate of drug-likeness (QED) is 0.349. The molecular formula is C25H18Cl2N8O3. The van der Waals surface area contributed by atoms with Crippen LogP contribution in [0.2, 0.25) is 10.2 Å². The largest absolute Gasteiger partial charge is 0.477 e. The molecule has 2 unspecified atom stereocenters. The maximum Gasteiger partial charge on any atom is 0.354 e. The summed E-state index contributed by atoms with van der Waals surface area (Å²) >= 11 is 12.9. The topological polar surface area (TPSA) is 138 Å². The van der Waals surface area contributed by atoms with E-state index in [9.17, 15) is 9.90 Å². The van der Waals surface area contributed by atoms with E-state index >= 15 is 0 Å². The zero-order chi connectivity index (χ0) is 26.0. The number of carbonyl (C=O) groups is 1. The lowest BCUT2D eigenvalue weighted by Gasteiger charge is -2.24. The number of H-pyrrole nitrogens is 1. The lowest BCUT2D eigenvalue weighted by molar-refractivity contribution is 0.0690. The number of halogens is 2. The Morgan fingerprint density at radius 3 is 2.92 bits per heavy atom. The fourth-order valence-electron chi connectivity index (χ4n) is 5.17. The van der Waals surface area contributed by atoms with E-state index in [4.69, 9.17) is 32.9 Å². The summed E-state index contributed by atoms with van der Waals surface area (Å²) in [6.07, 6.45) is 8.61. The van der Waals surface area contributed by atoms with E-state index in [-0.39, 0.29) is 24.1 Å². The minimum Gasteiger partial charge on any atom is -0.477 e. The third-order valence-electron chi connectivity index (χ3n) is 6.89. The Kier molecular flexibility index (Phi) is 5.32. The summed E-state index contributed by atoms with van der Waals surface area (Å²) in [6, 6.07) is 8.66. The number of ether oxygens (including phenoxy) is 1. The van der Waals surface area contributed by atoms with Crippen molar-refractivity contribution in [3.63, 3.8) is 0 Å². The second kappa shape index (κ2) is 8.76. The van der Waals surface area contributed by atoms with Gasteiger partial charge >= 0.3 is 5.97 Å². The molecule has 1 aromatic carbocycles. The Morgan fingerprint density at radius 1 is 1.21 bits per heavy atom. The number of aromatic nitrogens is 7. The number of carboxylic acids is 1. The van der Waals surface area contributed by atoms with Gasteiger partial charge in [-0.15, -0.1) is 5.10 Å². The third kappa shape index (κ3) is 3.87. The van der Waals surface area contributed by atoms with Crippen molar-refractivity contribution >= 4 is 34.7 Å². The molecule has 190 valence electrons. The van der Waals surface area contributed by atoms with Gasteiger partial charge in [0.1, 0.15) is 34.8 Å². The maximum absolute atomic E-state index is 11.4. The monoisotopic (exact) mass is 548 g/mol. The van der Waals surface area contributed by atoms with Crippen LogP contribution < -0.4 is 0 Å². The molecule has 7 rings (SSSR count). The number of tetrazole rings is 1. The minimum atomic E-state index is -1.11. The number of carboxylic acid groups (broad SMARTS) is 1. The van der Waals surface area contributed by atoms with E-state index in [1.165, 1.54) is 12.3 Å². The molecule has 3 atom stereocenters. The molecular weight excluding hydrogens is 531 g/mol. The standard InChI is InChI=1S/C25H18Cl2N8O3/c26-14-1-3-18(34-11-29-32-33-34)16(10-14)13-7-15-2-4-19(35(15)24-20(9-13)38-24)23-30-21(22(27)31-23)12-5-6-28-17(8-12)25(36)37/h1,3,5-11,19-20,24H,2,4H2,(H,30,31)(H,36,37)/t19-,20?,24?/m0/s1. The van der Waals surface area contributed by atoms with Gasteiger partial charge in [0.2, 0.25) is 0 Å². The maximum atomic E-state index is 11.4. The van der Waals surface area contributed by atoms with Crippen molar-refractivity contribution in [1.82, 2.24) is 40.1 Å². The van der Waals surface area contributed by atoms with Crippen molar-refractivity contribution in [2.45, 2.75) is 31.2 Å². The molecule has 0 amide bonds. The number of benzene rings is 1. The summed E-state index contributed by atoms with van der Waals surface area (Å²) in [5, 5.41) is 21.8. The van der Waals surface area contributed by atoms with Gasteiger partial charge in [0.05, 0.1) is 11.7 Å². The van der Waals surface area contributed by atoms with E-state index < -0.39 is 5.97 Å². The molecule has 2 fully saturated rings. The third-order valence-corrected chi connectivity index (χ3v) is 7.40. The SMILES string of the molecule is O=C(O)c1cc(-c2nc([C@@H]3CCC4=CC(c5cc(Cl)ccc5-n5cnnn5)=CC5OC5N43)[nH]c2Cl)ccn1.